The molecule has 1 heterocycles. The van der Waals surface area contributed by atoms with Gasteiger partial charge >= 0.3 is 0 Å². The number of ether oxygens (including phenoxy) is 1. The first-order chi connectivity index (χ1) is 9.28. The van der Waals surface area contributed by atoms with Crippen LogP contribution in [0.15, 0.2) is 24.3 Å². The second-order valence-corrected chi connectivity index (χ2v) is 5.94. The Morgan fingerprint density at radius 1 is 1.21 bits per heavy atom. The summed E-state index contributed by atoms with van der Waals surface area (Å²) in [4.78, 5) is 2.61. The lowest BCUT2D eigenvalue weighted by Crippen LogP contribution is -2.33. The molecular weight excluding hydrogens is 236 g/mol. The fraction of sp³-hybridized carbons (Fsp3) is 0.625. The number of nitrogens with two attached hydrogens (primary N) is 1. The molecule has 0 amide bonds. The molecule has 2 aliphatic rings. The van der Waals surface area contributed by atoms with Gasteiger partial charge in [-0.05, 0) is 30.5 Å². The predicted octanol–water partition coefficient (Wildman–Crippen LogP) is 2.36. The summed E-state index contributed by atoms with van der Waals surface area (Å²) in [6.45, 7) is 2.16. The number of rotatable bonds is 3. The summed E-state index contributed by atoms with van der Waals surface area (Å²) in [6.07, 6.45) is 5.50. The molecule has 3 rings (SSSR count). The summed E-state index contributed by atoms with van der Waals surface area (Å²) in [5, 5.41) is 0. The second kappa shape index (κ2) is 5.51. The van der Waals surface area contributed by atoms with Gasteiger partial charge in [0.25, 0.3) is 0 Å². The third-order valence-electron chi connectivity index (χ3n) is 4.76. The highest BCUT2D eigenvalue weighted by Crippen LogP contribution is 2.33. The van der Waals surface area contributed by atoms with Crippen LogP contribution in [0.25, 0.3) is 0 Å². The number of methoxy groups -OCH3 is 1. The Kier molecular flexibility index (Phi) is 3.76. The van der Waals surface area contributed by atoms with Crippen molar-refractivity contribution in [3.8, 4) is 5.75 Å². The Bertz CT molecular complexity index is 429. The average Bonchev–Trinajstić information content (AvgIpc) is 3.07. The van der Waals surface area contributed by atoms with E-state index in [1.807, 2.05) is 6.07 Å². The summed E-state index contributed by atoms with van der Waals surface area (Å²) in [5.74, 6) is 1.39. The van der Waals surface area contributed by atoms with Gasteiger partial charge in [-0.2, -0.15) is 0 Å². The van der Waals surface area contributed by atoms with Gasteiger partial charge in [0.2, 0.25) is 0 Å². The van der Waals surface area contributed by atoms with Crippen LogP contribution in [0.1, 0.15) is 37.2 Å². The van der Waals surface area contributed by atoms with Gasteiger partial charge in [0.15, 0.2) is 0 Å². The molecule has 0 bridgehead atoms. The van der Waals surface area contributed by atoms with Crippen molar-refractivity contribution in [3.05, 3.63) is 29.8 Å². The summed E-state index contributed by atoms with van der Waals surface area (Å²) in [5.41, 5.74) is 7.70. The van der Waals surface area contributed by atoms with Crippen LogP contribution in [-0.4, -0.2) is 37.2 Å². The zero-order valence-electron chi connectivity index (χ0n) is 11.7. The Morgan fingerprint density at radius 2 is 2.00 bits per heavy atom. The molecule has 2 fully saturated rings. The van der Waals surface area contributed by atoms with Crippen molar-refractivity contribution >= 4 is 0 Å². The summed E-state index contributed by atoms with van der Waals surface area (Å²) in [6, 6.07) is 9.43. The number of likely N-dealkylation sites (tertiary alicyclic amines) is 1. The number of nitrogens with zero attached hydrogens (tertiary/aromatic N) is 1. The highest BCUT2D eigenvalue weighted by atomic mass is 16.5. The molecule has 0 aromatic heterocycles. The third kappa shape index (κ3) is 2.63. The molecule has 0 unspecified atom stereocenters. The normalized spacial score (nSPS) is 28.9. The van der Waals surface area contributed by atoms with E-state index in [-0.39, 0.29) is 6.04 Å². The highest BCUT2D eigenvalue weighted by molar-refractivity contribution is 5.32. The maximum absolute atomic E-state index is 6.38. The number of benzene rings is 1. The SMILES string of the molecule is COc1cccc([C@H]2CN(C3CCCC3)C[C@@H]2N)c1. The van der Waals surface area contributed by atoms with E-state index in [1.165, 1.54) is 31.2 Å². The van der Waals surface area contributed by atoms with Gasteiger partial charge in [-0.3, -0.25) is 4.90 Å². The lowest BCUT2D eigenvalue weighted by atomic mass is 9.95. The standard InChI is InChI=1S/C16H24N2O/c1-19-14-8-4-5-12(9-14)15-10-18(11-16(15)17)13-6-2-3-7-13/h4-5,8-9,13,15-16H,2-3,6-7,10-11,17H2,1H3/t15-,16+/m1/s1. The first-order valence-corrected chi connectivity index (χ1v) is 7.41. The van der Waals surface area contributed by atoms with Gasteiger partial charge in [-0.15, -0.1) is 0 Å². The number of hydrogen-bond donors (Lipinski definition) is 1. The van der Waals surface area contributed by atoms with E-state index < -0.39 is 0 Å². The van der Waals surface area contributed by atoms with Crippen LogP contribution in [0.2, 0.25) is 0 Å². The van der Waals surface area contributed by atoms with Crippen molar-refractivity contribution < 1.29 is 4.74 Å². The molecule has 3 nitrogen and oxygen atoms in total. The predicted molar refractivity (Wildman–Crippen MR) is 77.5 cm³/mol. The monoisotopic (exact) mass is 260 g/mol. The smallest absolute Gasteiger partial charge is 0.119 e. The minimum atomic E-state index is 0.257. The largest absolute Gasteiger partial charge is 0.497 e. The van der Waals surface area contributed by atoms with Gasteiger partial charge < -0.3 is 10.5 Å². The molecule has 3 heteroatoms. The van der Waals surface area contributed by atoms with Gasteiger partial charge in [-0.1, -0.05) is 25.0 Å². The first-order valence-electron chi connectivity index (χ1n) is 7.41. The molecule has 1 aliphatic heterocycles. The maximum Gasteiger partial charge on any atom is 0.119 e. The topological polar surface area (TPSA) is 38.5 Å². The zero-order chi connectivity index (χ0) is 13.2. The third-order valence-corrected chi connectivity index (χ3v) is 4.76. The molecular formula is C16H24N2O. The number of hydrogen-bond acceptors (Lipinski definition) is 3. The van der Waals surface area contributed by atoms with Crippen LogP contribution in [0.3, 0.4) is 0 Å². The van der Waals surface area contributed by atoms with E-state index >= 15 is 0 Å². The van der Waals surface area contributed by atoms with Crippen LogP contribution in [0, 0.1) is 0 Å². The minimum absolute atomic E-state index is 0.257. The van der Waals surface area contributed by atoms with Crippen molar-refractivity contribution in [2.75, 3.05) is 20.2 Å². The van der Waals surface area contributed by atoms with Crippen molar-refractivity contribution in [2.24, 2.45) is 5.73 Å². The molecule has 1 aliphatic carbocycles. The van der Waals surface area contributed by atoms with E-state index in [2.05, 4.69) is 23.1 Å². The summed E-state index contributed by atoms with van der Waals surface area (Å²) < 4.78 is 5.32. The Hall–Kier alpha value is -1.06. The van der Waals surface area contributed by atoms with Gasteiger partial charge in [0, 0.05) is 31.1 Å². The molecule has 1 aromatic carbocycles. The zero-order valence-corrected chi connectivity index (χ0v) is 11.7. The fourth-order valence-corrected chi connectivity index (χ4v) is 3.65. The molecule has 1 saturated heterocycles. The van der Waals surface area contributed by atoms with Crippen LogP contribution < -0.4 is 10.5 Å². The molecule has 0 spiro atoms. The van der Waals surface area contributed by atoms with Crippen molar-refractivity contribution in [2.45, 2.75) is 43.7 Å². The summed E-state index contributed by atoms with van der Waals surface area (Å²) >= 11 is 0. The van der Waals surface area contributed by atoms with Crippen molar-refractivity contribution in [3.63, 3.8) is 0 Å². The molecule has 0 radical (unpaired) electrons. The highest BCUT2D eigenvalue weighted by Gasteiger charge is 2.35. The van der Waals surface area contributed by atoms with E-state index in [0.717, 1.165) is 24.9 Å². The Labute approximate surface area is 115 Å². The van der Waals surface area contributed by atoms with Crippen LogP contribution >= 0.6 is 0 Å². The van der Waals surface area contributed by atoms with Crippen molar-refractivity contribution in [1.29, 1.82) is 0 Å². The average molecular weight is 260 g/mol. The molecule has 104 valence electrons. The molecule has 2 N–H and O–H groups in total. The van der Waals surface area contributed by atoms with Crippen LogP contribution in [0.4, 0.5) is 0 Å². The molecule has 2 atom stereocenters. The van der Waals surface area contributed by atoms with Gasteiger partial charge in [0.1, 0.15) is 5.75 Å². The molecule has 1 aromatic rings. The second-order valence-electron chi connectivity index (χ2n) is 5.94. The molecule has 19 heavy (non-hydrogen) atoms. The first kappa shape index (κ1) is 12.9. The van der Waals surface area contributed by atoms with E-state index in [1.54, 1.807) is 7.11 Å². The lowest BCUT2D eigenvalue weighted by Gasteiger charge is -2.23. The van der Waals surface area contributed by atoms with Crippen LogP contribution in [0.5, 0.6) is 5.75 Å². The maximum atomic E-state index is 6.38. The Balaban J connectivity index is 1.73. The van der Waals surface area contributed by atoms with E-state index in [0.29, 0.717) is 5.92 Å². The van der Waals surface area contributed by atoms with Crippen molar-refractivity contribution in [1.82, 2.24) is 4.90 Å². The van der Waals surface area contributed by atoms with E-state index in [4.69, 9.17) is 10.5 Å². The van der Waals surface area contributed by atoms with E-state index in [9.17, 15) is 0 Å². The lowest BCUT2D eigenvalue weighted by molar-refractivity contribution is 0.241. The van der Waals surface area contributed by atoms with Gasteiger partial charge in [-0.25, -0.2) is 0 Å². The minimum Gasteiger partial charge on any atom is -0.497 e. The molecule has 1 saturated carbocycles. The van der Waals surface area contributed by atoms with Crippen LogP contribution in [-0.2, 0) is 0 Å². The van der Waals surface area contributed by atoms with Gasteiger partial charge in [0.05, 0.1) is 7.11 Å². The summed E-state index contributed by atoms with van der Waals surface area (Å²) in [7, 11) is 1.72. The quantitative estimate of drug-likeness (QED) is 0.906. The Morgan fingerprint density at radius 3 is 2.74 bits per heavy atom. The fourth-order valence-electron chi connectivity index (χ4n) is 3.65.